The van der Waals surface area contributed by atoms with Crippen molar-refractivity contribution in [1.82, 2.24) is 0 Å². The van der Waals surface area contributed by atoms with E-state index in [4.69, 9.17) is 0 Å². The van der Waals surface area contributed by atoms with Crippen LogP contribution in [-0.2, 0) is 0 Å². The second-order valence-corrected chi connectivity index (χ2v) is 11.5. The molecule has 0 nitrogen and oxygen atoms in total. The Balaban J connectivity index is 1.22. The van der Waals surface area contributed by atoms with Gasteiger partial charge in [-0.3, -0.25) is 0 Å². The van der Waals surface area contributed by atoms with Gasteiger partial charge in [-0.25, -0.2) is 0 Å². The van der Waals surface area contributed by atoms with Crippen LogP contribution in [0.25, 0.3) is 0 Å². The summed E-state index contributed by atoms with van der Waals surface area (Å²) >= 11 is 0. The van der Waals surface area contributed by atoms with Gasteiger partial charge in [-0.05, 0) is 89.2 Å². The number of hydrogen-bond donors (Lipinski definition) is 0. The van der Waals surface area contributed by atoms with E-state index >= 15 is 0 Å². The Morgan fingerprint density at radius 2 is 1.47 bits per heavy atom. The molecule has 0 saturated heterocycles. The second kappa shape index (κ2) is 0.535. The third-order valence-electron chi connectivity index (χ3n) is 15.1. The molecule has 0 radical (unpaired) electrons. The molecule has 0 aromatic heterocycles. The summed E-state index contributed by atoms with van der Waals surface area (Å²) in [4.78, 5) is 0. The highest BCUT2D eigenvalue weighted by molar-refractivity contribution is 6.29. The Bertz CT molecular complexity index is 1000. The SMILES string of the molecule is CC1C2C13C21C32C13C21C24C56C78C9CC97C85C62C314. The highest BCUT2D eigenvalue weighted by Gasteiger charge is 3.85. The van der Waals surface area contributed by atoms with Crippen LogP contribution in [0.5, 0.6) is 0 Å². The summed E-state index contributed by atoms with van der Waals surface area (Å²) in [6.07, 6.45) is 1.74. The fourth-order valence-corrected chi connectivity index (χ4v) is 17.6. The molecule has 0 heteroatoms. The van der Waals surface area contributed by atoms with Crippen LogP contribution < -0.4 is 0 Å². The Kier molecular flexibility index (Phi) is 0.152. The van der Waals surface area contributed by atoms with Crippen molar-refractivity contribution in [2.45, 2.75) is 13.3 Å². The zero-order chi connectivity index (χ0) is 9.44. The van der Waals surface area contributed by atoms with Crippen LogP contribution >= 0.6 is 0 Å². The van der Waals surface area contributed by atoms with Crippen LogP contribution in [0, 0.1) is 82.7 Å². The van der Waals surface area contributed by atoms with Crippen LogP contribution in [0.1, 0.15) is 13.3 Å². The highest BCUT2D eigenvalue weighted by atomic mass is 15.9. The number of hydrogen-bond acceptors (Lipinski definition) is 0. The van der Waals surface area contributed by atoms with E-state index < -0.39 is 0 Å². The highest BCUT2D eigenvalue weighted by Crippen LogP contribution is 3.85. The molecule has 15 atom stereocenters. The molecule has 17 heavy (non-hydrogen) atoms. The average Bonchev–Trinajstić information content (AvgIpc) is 2.92. The van der Waals surface area contributed by atoms with Gasteiger partial charge in [0, 0.05) is 0 Å². The summed E-state index contributed by atoms with van der Waals surface area (Å²) in [5.41, 5.74) is 14.2. The molecule has 14 rings (SSSR count). The summed E-state index contributed by atoms with van der Waals surface area (Å²) in [5.74, 6) is 3.94. The smallest absolute Gasteiger partial charge is 0.0000140 e. The quantitative estimate of drug-likeness (QED) is 0.567. The Hall–Kier alpha value is 0. The first kappa shape index (κ1) is 4.84. The third kappa shape index (κ3) is 0.0784. The maximum Gasteiger partial charge on any atom is -0.0000140 e. The van der Waals surface area contributed by atoms with Gasteiger partial charge in [-0.2, -0.15) is 0 Å². The van der Waals surface area contributed by atoms with Gasteiger partial charge in [0.25, 0.3) is 0 Å². The standard InChI is InChI=1S/C17H8/c1-3-5-7(3)9(5)11(7)13(9)15(11)16-12-8-4-2-6(4,8)10(8,12)14(12,16)17(13,15)16/h3-5H,2H2,1H3. The summed E-state index contributed by atoms with van der Waals surface area (Å²) in [6.45, 7) is 2.60. The van der Waals surface area contributed by atoms with Gasteiger partial charge >= 0.3 is 0 Å². The monoisotopic (exact) mass is 212 g/mol. The van der Waals surface area contributed by atoms with Gasteiger partial charge in [0.2, 0.25) is 0 Å². The van der Waals surface area contributed by atoms with Gasteiger partial charge in [0.15, 0.2) is 0 Å². The van der Waals surface area contributed by atoms with E-state index in [0.717, 1.165) is 10.8 Å². The van der Waals surface area contributed by atoms with Gasteiger partial charge in [-0.1, -0.05) is 6.92 Å². The van der Waals surface area contributed by atoms with Crippen molar-refractivity contribution in [3.8, 4) is 0 Å². The van der Waals surface area contributed by atoms with Crippen LogP contribution in [0.4, 0.5) is 0 Å². The zero-order valence-electron chi connectivity index (χ0n) is 9.44. The molecule has 0 aliphatic heterocycles. The minimum atomic E-state index is 1.12. The molecule has 15 unspecified atom stereocenters. The first-order valence-corrected chi connectivity index (χ1v) is 8.37. The van der Waals surface area contributed by atoms with E-state index in [1.807, 2.05) is 0 Å². The molecule has 0 aromatic carbocycles. The van der Waals surface area contributed by atoms with Crippen LogP contribution in [0.15, 0.2) is 0 Å². The van der Waals surface area contributed by atoms with E-state index in [1.165, 1.54) is 71.9 Å². The largest absolute Gasteiger partial charge is 0.0616 e. The first-order chi connectivity index (χ1) is 8.37. The van der Waals surface area contributed by atoms with Crippen molar-refractivity contribution in [2.75, 3.05) is 0 Å². The lowest BCUT2D eigenvalue weighted by molar-refractivity contribution is 0.272. The van der Waals surface area contributed by atoms with Crippen molar-refractivity contribution in [3.63, 3.8) is 0 Å². The Labute approximate surface area is 96.5 Å². The van der Waals surface area contributed by atoms with E-state index in [0.29, 0.717) is 0 Å². The third-order valence-corrected chi connectivity index (χ3v) is 15.1. The topological polar surface area (TPSA) is 0 Å². The van der Waals surface area contributed by atoms with Gasteiger partial charge in [-0.15, -0.1) is 0 Å². The first-order valence-electron chi connectivity index (χ1n) is 8.37. The maximum atomic E-state index is 2.60. The van der Waals surface area contributed by atoms with Gasteiger partial charge in [0.05, 0.1) is 0 Å². The van der Waals surface area contributed by atoms with Crippen molar-refractivity contribution >= 4 is 0 Å². The molecular formula is C17H8. The van der Waals surface area contributed by atoms with E-state index in [9.17, 15) is 0 Å². The minimum Gasteiger partial charge on any atom is -0.0616 e. The molecule has 14 aliphatic carbocycles. The zero-order valence-corrected chi connectivity index (χ0v) is 9.44. The fraction of sp³-hybridized carbons (Fsp3) is 1.00. The number of rotatable bonds is 0. The normalized spacial score (nSPS) is 156. The van der Waals surface area contributed by atoms with Gasteiger partial charge < -0.3 is 0 Å². The lowest BCUT2D eigenvalue weighted by Gasteiger charge is -2.17. The van der Waals surface area contributed by atoms with Crippen LogP contribution in [-0.4, -0.2) is 0 Å². The molecule has 14 aliphatic rings. The molecular weight excluding hydrogens is 204 g/mol. The van der Waals surface area contributed by atoms with Crippen molar-refractivity contribution in [2.24, 2.45) is 82.7 Å². The predicted octanol–water partition coefficient (Wildman–Crippen LogP) is 1.27. The molecule has 0 N–H and O–H groups in total. The molecule has 0 aromatic rings. The second-order valence-electron chi connectivity index (χ2n) is 11.5. The van der Waals surface area contributed by atoms with E-state index in [1.54, 1.807) is 6.42 Å². The molecule has 0 amide bonds. The lowest BCUT2D eigenvalue weighted by atomic mass is 9.85. The van der Waals surface area contributed by atoms with Crippen molar-refractivity contribution in [3.05, 3.63) is 0 Å². The fourth-order valence-electron chi connectivity index (χ4n) is 17.6. The molecule has 12 spiro atoms. The molecule has 14 saturated carbocycles. The van der Waals surface area contributed by atoms with Crippen molar-refractivity contribution < 1.29 is 0 Å². The molecule has 0 bridgehead atoms. The maximum absolute atomic E-state index is 2.60. The van der Waals surface area contributed by atoms with Crippen LogP contribution in [0.2, 0.25) is 0 Å². The predicted molar refractivity (Wildman–Crippen MR) is 50.0 cm³/mol. The summed E-state index contributed by atoms with van der Waals surface area (Å²) in [6, 6.07) is 0. The van der Waals surface area contributed by atoms with E-state index in [2.05, 4.69) is 6.92 Å². The minimum absolute atomic E-state index is 1.12. The van der Waals surface area contributed by atoms with Crippen molar-refractivity contribution in [1.29, 1.82) is 0 Å². The molecule has 0 heterocycles. The van der Waals surface area contributed by atoms with Crippen LogP contribution in [0.3, 0.4) is 0 Å². The average molecular weight is 212 g/mol. The van der Waals surface area contributed by atoms with E-state index in [-0.39, 0.29) is 0 Å². The molecule has 76 valence electrons. The lowest BCUT2D eigenvalue weighted by Crippen LogP contribution is -2.16. The molecule has 14 fully saturated rings. The Morgan fingerprint density at radius 3 is 2.18 bits per heavy atom. The summed E-state index contributed by atoms with van der Waals surface area (Å²) in [7, 11) is 0. The summed E-state index contributed by atoms with van der Waals surface area (Å²) < 4.78 is 0. The summed E-state index contributed by atoms with van der Waals surface area (Å²) in [5, 5.41) is 0. The van der Waals surface area contributed by atoms with Gasteiger partial charge in [0.1, 0.15) is 0 Å². The Morgan fingerprint density at radius 1 is 0.765 bits per heavy atom.